The van der Waals surface area contributed by atoms with E-state index in [1.54, 1.807) is 17.9 Å². The van der Waals surface area contributed by atoms with Crippen LogP contribution in [-0.4, -0.2) is 54.0 Å². The highest BCUT2D eigenvalue weighted by molar-refractivity contribution is 5.93. The molecule has 8 nitrogen and oxygen atoms in total. The summed E-state index contributed by atoms with van der Waals surface area (Å²) < 4.78 is 5.31. The molecule has 0 spiro atoms. The van der Waals surface area contributed by atoms with Crippen LogP contribution < -0.4 is 4.90 Å². The molecule has 3 rings (SSSR count). The monoisotopic (exact) mass is 389 g/mol. The Balaban J connectivity index is 1.71. The van der Waals surface area contributed by atoms with E-state index in [2.05, 4.69) is 0 Å². The number of ether oxygens (including phenoxy) is 1. The summed E-state index contributed by atoms with van der Waals surface area (Å²) in [4.78, 5) is 39.7. The van der Waals surface area contributed by atoms with E-state index in [-0.39, 0.29) is 17.2 Å². The first kappa shape index (κ1) is 20.1. The van der Waals surface area contributed by atoms with E-state index in [0.717, 1.165) is 51.6 Å². The van der Waals surface area contributed by atoms with E-state index >= 15 is 0 Å². The maximum Gasteiger partial charge on any atom is 0.339 e. The molecule has 0 unspecified atom stereocenters. The molecule has 1 aromatic carbocycles. The zero-order valence-electron chi connectivity index (χ0n) is 16.3. The highest BCUT2D eigenvalue weighted by atomic mass is 16.6. The molecule has 152 valence electrons. The van der Waals surface area contributed by atoms with Gasteiger partial charge in [-0.25, -0.2) is 4.79 Å². The third kappa shape index (κ3) is 4.61. The number of rotatable bonds is 5. The zero-order chi connectivity index (χ0) is 20.1. The van der Waals surface area contributed by atoms with E-state index < -0.39 is 17.0 Å². The average molecular weight is 389 g/mol. The van der Waals surface area contributed by atoms with Crippen molar-refractivity contribution in [1.29, 1.82) is 0 Å². The van der Waals surface area contributed by atoms with Gasteiger partial charge in [-0.05, 0) is 57.6 Å². The van der Waals surface area contributed by atoms with E-state index in [1.165, 1.54) is 12.1 Å². The van der Waals surface area contributed by atoms with Crippen molar-refractivity contribution >= 4 is 23.3 Å². The molecule has 1 aromatic rings. The van der Waals surface area contributed by atoms with Gasteiger partial charge in [0.1, 0.15) is 5.69 Å². The summed E-state index contributed by atoms with van der Waals surface area (Å²) in [5.41, 5.74) is 0.510. The first-order valence-electron chi connectivity index (χ1n) is 10.0. The molecule has 2 aliphatic rings. The van der Waals surface area contributed by atoms with Crippen LogP contribution in [0.3, 0.4) is 0 Å². The molecule has 0 radical (unpaired) electrons. The third-order valence-electron chi connectivity index (χ3n) is 5.40. The molecule has 0 saturated carbocycles. The van der Waals surface area contributed by atoms with Crippen LogP contribution in [0.5, 0.6) is 0 Å². The zero-order valence-corrected chi connectivity index (χ0v) is 16.3. The Morgan fingerprint density at radius 1 is 1.04 bits per heavy atom. The molecular formula is C20H27N3O5. The third-order valence-corrected chi connectivity index (χ3v) is 5.40. The Labute approximate surface area is 164 Å². The number of nitro benzene ring substituents is 1. The summed E-state index contributed by atoms with van der Waals surface area (Å²) >= 11 is 0. The number of carbonyl (C=O) groups excluding carboxylic acids is 2. The fourth-order valence-corrected chi connectivity index (χ4v) is 3.85. The lowest BCUT2D eigenvalue weighted by molar-refractivity contribution is -0.384. The van der Waals surface area contributed by atoms with E-state index in [9.17, 15) is 19.7 Å². The molecule has 2 fully saturated rings. The second-order valence-electron chi connectivity index (χ2n) is 7.44. The van der Waals surface area contributed by atoms with Gasteiger partial charge in [0, 0.05) is 32.2 Å². The molecule has 2 saturated heterocycles. The fraction of sp³-hybridized carbons (Fsp3) is 0.600. The van der Waals surface area contributed by atoms with E-state index in [4.69, 9.17) is 4.74 Å². The van der Waals surface area contributed by atoms with Gasteiger partial charge in [-0.15, -0.1) is 0 Å². The molecular weight excluding hydrogens is 362 g/mol. The van der Waals surface area contributed by atoms with Crippen LogP contribution in [0.15, 0.2) is 18.2 Å². The Hall–Kier alpha value is -2.64. The van der Waals surface area contributed by atoms with Crippen LogP contribution >= 0.6 is 0 Å². The second kappa shape index (κ2) is 9.03. The SMILES string of the molecule is C[C@@H](OC(=O)c1ccc(N2CCCCC2)c([N+](=O)[O-])c1)C(=O)N1CCCCC1. The van der Waals surface area contributed by atoms with E-state index in [1.807, 2.05) is 4.90 Å². The lowest BCUT2D eigenvalue weighted by atomic mass is 10.1. The lowest BCUT2D eigenvalue weighted by Gasteiger charge is -2.29. The highest BCUT2D eigenvalue weighted by Crippen LogP contribution is 2.31. The first-order chi connectivity index (χ1) is 13.5. The number of hydrogen-bond acceptors (Lipinski definition) is 6. The van der Waals surface area contributed by atoms with Crippen LogP contribution in [0.4, 0.5) is 11.4 Å². The number of amides is 1. The van der Waals surface area contributed by atoms with Gasteiger partial charge in [-0.1, -0.05) is 0 Å². The average Bonchev–Trinajstić information content (AvgIpc) is 2.73. The minimum atomic E-state index is -0.911. The molecule has 0 aliphatic carbocycles. The van der Waals surface area contributed by atoms with Crippen molar-refractivity contribution in [3.63, 3.8) is 0 Å². The molecule has 2 aliphatic heterocycles. The number of esters is 1. The standard InChI is InChI=1S/C20H27N3O5/c1-15(19(24)22-12-6-3-7-13-22)28-20(25)16-8-9-17(18(14-16)23(26)27)21-10-4-2-5-11-21/h8-9,14-15H,2-7,10-13H2,1H3/t15-/m1/s1. The molecule has 2 heterocycles. The Morgan fingerprint density at radius 3 is 2.25 bits per heavy atom. The molecule has 0 aromatic heterocycles. The smallest absolute Gasteiger partial charge is 0.339 e. The van der Waals surface area contributed by atoms with Gasteiger partial charge in [-0.3, -0.25) is 14.9 Å². The molecule has 28 heavy (non-hydrogen) atoms. The molecule has 8 heteroatoms. The number of nitro groups is 1. The Kier molecular flexibility index (Phi) is 6.49. The van der Waals surface area contributed by atoms with Gasteiger partial charge in [0.25, 0.3) is 11.6 Å². The van der Waals surface area contributed by atoms with Crippen molar-refractivity contribution in [3.05, 3.63) is 33.9 Å². The molecule has 1 amide bonds. The van der Waals surface area contributed by atoms with Crippen LogP contribution in [0.1, 0.15) is 55.8 Å². The van der Waals surface area contributed by atoms with Gasteiger partial charge in [0.2, 0.25) is 0 Å². The summed E-state index contributed by atoms with van der Waals surface area (Å²) in [6.45, 7) is 4.44. The molecule has 1 atom stereocenters. The number of nitrogens with zero attached hydrogens (tertiary/aromatic N) is 3. The second-order valence-corrected chi connectivity index (χ2v) is 7.44. The minimum Gasteiger partial charge on any atom is -0.449 e. The number of benzene rings is 1. The Morgan fingerprint density at radius 2 is 1.64 bits per heavy atom. The summed E-state index contributed by atoms with van der Waals surface area (Å²) in [5, 5.41) is 11.5. The molecule has 0 N–H and O–H groups in total. The topological polar surface area (TPSA) is 93.0 Å². The summed E-state index contributed by atoms with van der Waals surface area (Å²) in [5.74, 6) is -0.932. The Bertz CT molecular complexity index is 739. The highest BCUT2D eigenvalue weighted by Gasteiger charge is 2.27. The van der Waals surface area contributed by atoms with Crippen molar-refractivity contribution in [2.75, 3.05) is 31.1 Å². The number of likely N-dealkylation sites (tertiary alicyclic amines) is 1. The number of anilines is 1. The summed E-state index contributed by atoms with van der Waals surface area (Å²) in [6, 6.07) is 4.40. The number of piperidine rings is 2. The van der Waals surface area contributed by atoms with Crippen molar-refractivity contribution in [1.82, 2.24) is 4.90 Å². The quantitative estimate of drug-likeness (QED) is 0.436. The van der Waals surface area contributed by atoms with Gasteiger partial charge < -0.3 is 14.5 Å². The first-order valence-corrected chi connectivity index (χ1v) is 10.0. The largest absolute Gasteiger partial charge is 0.449 e. The molecule has 0 bridgehead atoms. The van der Waals surface area contributed by atoms with Crippen molar-refractivity contribution < 1.29 is 19.2 Å². The van der Waals surface area contributed by atoms with E-state index in [0.29, 0.717) is 18.8 Å². The minimum absolute atomic E-state index is 0.0887. The van der Waals surface area contributed by atoms with Gasteiger partial charge in [0.05, 0.1) is 10.5 Å². The van der Waals surface area contributed by atoms with Crippen molar-refractivity contribution in [3.8, 4) is 0 Å². The van der Waals surface area contributed by atoms with Crippen molar-refractivity contribution in [2.24, 2.45) is 0 Å². The fourth-order valence-electron chi connectivity index (χ4n) is 3.85. The van der Waals surface area contributed by atoms with Gasteiger partial charge in [0.15, 0.2) is 6.10 Å². The number of carbonyl (C=O) groups is 2. The lowest BCUT2D eigenvalue weighted by Crippen LogP contribution is -2.42. The van der Waals surface area contributed by atoms with Crippen LogP contribution in [-0.2, 0) is 9.53 Å². The summed E-state index contributed by atoms with van der Waals surface area (Å²) in [6.07, 6.45) is 5.22. The summed E-state index contributed by atoms with van der Waals surface area (Å²) in [7, 11) is 0. The predicted octanol–water partition coefficient (Wildman–Crippen LogP) is 3.14. The van der Waals surface area contributed by atoms with Gasteiger partial charge >= 0.3 is 5.97 Å². The predicted molar refractivity (Wildman–Crippen MR) is 104 cm³/mol. The van der Waals surface area contributed by atoms with Gasteiger partial charge in [-0.2, -0.15) is 0 Å². The maximum absolute atomic E-state index is 12.5. The van der Waals surface area contributed by atoms with Crippen LogP contribution in [0.25, 0.3) is 0 Å². The van der Waals surface area contributed by atoms with Crippen molar-refractivity contribution in [2.45, 2.75) is 51.6 Å². The number of hydrogen-bond donors (Lipinski definition) is 0. The normalized spacial score (nSPS) is 18.5. The van der Waals surface area contributed by atoms with Crippen LogP contribution in [0.2, 0.25) is 0 Å². The maximum atomic E-state index is 12.5. The van der Waals surface area contributed by atoms with Crippen LogP contribution in [0, 0.1) is 10.1 Å².